The number of carbonyl (C=O) groups excluding carboxylic acids is 1. The molecular formula is C26H32N6O4S2. The number of ether oxygens (including phenoxy) is 1. The van der Waals surface area contributed by atoms with Gasteiger partial charge in [0.1, 0.15) is 23.4 Å². The van der Waals surface area contributed by atoms with E-state index in [1.807, 2.05) is 25.7 Å². The summed E-state index contributed by atoms with van der Waals surface area (Å²) in [6.07, 6.45) is 3.91. The van der Waals surface area contributed by atoms with Gasteiger partial charge in [0.15, 0.2) is 6.61 Å². The minimum Gasteiger partial charge on any atom is -0.482 e. The maximum absolute atomic E-state index is 13.7. The number of rotatable bonds is 6. The van der Waals surface area contributed by atoms with E-state index in [4.69, 9.17) is 9.72 Å². The number of hydrogen-bond donors (Lipinski definition) is 0. The molecule has 0 aliphatic carbocycles. The SMILES string of the molecule is CCc1nc(N2CCCS2(=O)=O)ccc1OCC(=O)N1CCc2nc3n(c2[C@@H]1c1sc(C)nc1C)CCC3. The van der Waals surface area contributed by atoms with Crippen LogP contribution in [0, 0.1) is 13.8 Å². The molecular weight excluding hydrogens is 524 g/mol. The van der Waals surface area contributed by atoms with Crippen LogP contribution in [0.5, 0.6) is 5.75 Å². The number of nitrogens with zero attached hydrogens (tertiary/aromatic N) is 6. The van der Waals surface area contributed by atoms with Crippen LogP contribution in [0.1, 0.15) is 64.3 Å². The maximum atomic E-state index is 13.7. The monoisotopic (exact) mass is 556 g/mol. The van der Waals surface area contributed by atoms with Crippen molar-refractivity contribution in [3.63, 3.8) is 0 Å². The predicted molar refractivity (Wildman–Crippen MR) is 144 cm³/mol. The first kappa shape index (κ1) is 25.3. The number of anilines is 1. The summed E-state index contributed by atoms with van der Waals surface area (Å²) in [5, 5.41) is 0.980. The van der Waals surface area contributed by atoms with E-state index < -0.39 is 10.0 Å². The molecule has 1 amide bonds. The van der Waals surface area contributed by atoms with Gasteiger partial charge >= 0.3 is 0 Å². The average molecular weight is 557 g/mol. The van der Waals surface area contributed by atoms with Gasteiger partial charge in [-0.25, -0.2) is 23.4 Å². The summed E-state index contributed by atoms with van der Waals surface area (Å²) in [5.41, 5.74) is 3.79. The second kappa shape index (κ2) is 9.64. The van der Waals surface area contributed by atoms with Crippen molar-refractivity contribution in [2.24, 2.45) is 0 Å². The highest BCUT2D eigenvalue weighted by Gasteiger charge is 2.39. The van der Waals surface area contributed by atoms with Gasteiger partial charge in [0, 0.05) is 32.5 Å². The molecule has 3 aliphatic rings. The summed E-state index contributed by atoms with van der Waals surface area (Å²) >= 11 is 1.64. The first-order valence-corrected chi connectivity index (χ1v) is 15.6. The third-order valence-corrected chi connectivity index (χ3v) is 10.5. The zero-order valence-electron chi connectivity index (χ0n) is 21.9. The van der Waals surface area contributed by atoms with Gasteiger partial charge in [-0.3, -0.25) is 9.10 Å². The fraction of sp³-hybridized carbons (Fsp3) is 0.538. The van der Waals surface area contributed by atoms with E-state index in [1.165, 1.54) is 4.31 Å². The molecule has 1 fully saturated rings. The topological polar surface area (TPSA) is 111 Å². The third-order valence-electron chi connectivity index (χ3n) is 7.57. The molecule has 0 N–H and O–H groups in total. The number of sulfonamides is 1. The maximum Gasteiger partial charge on any atom is 0.261 e. The lowest BCUT2D eigenvalue weighted by molar-refractivity contribution is -0.135. The number of aromatic nitrogens is 4. The summed E-state index contributed by atoms with van der Waals surface area (Å²) in [5.74, 6) is 2.06. The molecule has 12 heteroatoms. The number of pyridine rings is 1. The van der Waals surface area contributed by atoms with Crippen molar-refractivity contribution in [2.75, 3.05) is 29.8 Å². The Hall–Kier alpha value is -2.99. The number of thiazole rings is 1. The summed E-state index contributed by atoms with van der Waals surface area (Å²) < 4.78 is 34.4. The first-order valence-electron chi connectivity index (χ1n) is 13.2. The van der Waals surface area contributed by atoms with E-state index in [-0.39, 0.29) is 24.3 Å². The van der Waals surface area contributed by atoms with E-state index in [0.717, 1.165) is 58.6 Å². The van der Waals surface area contributed by atoms with Crippen LogP contribution in [0.25, 0.3) is 0 Å². The Balaban J connectivity index is 1.26. The van der Waals surface area contributed by atoms with E-state index in [9.17, 15) is 13.2 Å². The standard InChI is InChI=1S/C26H32N6O4S2/c1-4-18-20(8-9-22(28-18)32-12-6-14-38(32,34)35)36-15-23(33)31-13-10-19-24(30-11-5-7-21(30)29-19)25(31)26-16(2)27-17(3)37-26/h8-9,25H,4-7,10-15H2,1-3H3/t25-/m1/s1. The van der Waals surface area contributed by atoms with Crippen LogP contribution < -0.4 is 9.04 Å². The highest BCUT2D eigenvalue weighted by molar-refractivity contribution is 7.93. The molecule has 1 atom stereocenters. The molecule has 3 aromatic rings. The van der Waals surface area contributed by atoms with Gasteiger partial charge in [-0.05, 0) is 45.2 Å². The van der Waals surface area contributed by atoms with Gasteiger partial charge in [0.05, 0.1) is 38.4 Å². The van der Waals surface area contributed by atoms with Crippen LogP contribution >= 0.6 is 11.3 Å². The van der Waals surface area contributed by atoms with E-state index in [0.29, 0.717) is 43.2 Å². The molecule has 38 heavy (non-hydrogen) atoms. The Bertz CT molecular complexity index is 1510. The number of carbonyl (C=O) groups is 1. The van der Waals surface area contributed by atoms with Crippen molar-refractivity contribution in [1.29, 1.82) is 0 Å². The Morgan fingerprint density at radius 1 is 1.11 bits per heavy atom. The van der Waals surface area contributed by atoms with Crippen LogP contribution in [0.15, 0.2) is 12.1 Å². The van der Waals surface area contributed by atoms with Crippen molar-refractivity contribution >= 4 is 33.1 Å². The summed E-state index contributed by atoms with van der Waals surface area (Å²) in [6, 6.07) is 3.16. The number of imidazole rings is 1. The van der Waals surface area contributed by atoms with Gasteiger partial charge in [0.25, 0.3) is 5.91 Å². The Morgan fingerprint density at radius 3 is 2.66 bits per heavy atom. The van der Waals surface area contributed by atoms with E-state index >= 15 is 0 Å². The molecule has 0 radical (unpaired) electrons. The molecule has 10 nitrogen and oxygen atoms in total. The molecule has 3 aliphatic heterocycles. The lowest BCUT2D eigenvalue weighted by Gasteiger charge is -2.36. The van der Waals surface area contributed by atoms with Crippen LogP contribution in [-0.4, -0.2) is 64.2 Å². The highest BCUT2D eigenvalue weighted by Crippen LogP contribution is 2.41. The zero-order chi connectivity index (χ0) is 26.6. The first-order chi connectivity index (χ1) is 18.3. The van der Waals surface area contributed by atoms with Gasteiger partial charge < -0.3 is 14.2 Å². The Labute approximate surface area is 226 Å². The van der Waals surface area contributed by atoms with Crippen molar-refractivity contribution in [1.82, 2.24) is 24.4 Å². The number of amides is 1. The molecule has 0 saturated carbocycles. The van der Waals surface area contributed by atoms with Gasteiger partial charge in [-0.2, -0.15) is 0 Å². The third kappa shape index (κ3) is 4.27. The molecule has 0 spiro atoms. The van der Waals surface area contributed by atoms with Crippen molar-refractivity contribution in [3.8, 4) is 5.75 Å². The second-order valence-electron chi connectivity index (χ2n) is 10.0. The molecule has 202 valence electrons. The molecule has 0 bridgehead atoms. The van der Waals surface area contributed by atoms with Crippen molar-refractivity contribution in [3.05, 3.63) is 50.6 Å². The normalized spacial score (nSPS) is 20.0. The van der Waals surface area contributed by atoms with Crippen molar-refractivity contribution in [2.45, 2.75) is 65.5 Å². The van der Waals surface area contributed by atoms with E-state index in [1.54, 1.807) is 23.5 Å². The number of fused-ring (bicyclic) bond motifs is 3. The predicted octanol–water partition coefficient (Wildman–Crippen LogP) is 2.95. The second-order valence-corrected chi connectivity index (χ2v) is 13.3. The lowest BCUT2D eigenvalue weighted by atomic mass is 9.99. The molecule has 6 rings (SSSR count). The lowest BCUT2D eigenvalue weighted by Crippen LogP contribution is -2.43. The smallest absolute Gasteiger partial charge is 0.261 e. The fourth-order valence-electron chi connectivity index (χ4n) is 5.85. The van der Waals surface area contributed by atoms with Crippen LogP contribution in [-0.2, 0) is 40.6 Å². The van der Waals surface area contributed by atoms with Crippen LogP contribution in [0.2, 0.25) is 0 Å². The minimum atomic E-state index is -3.32. The van der Waals surface area contributed by atoms with E-state index in [2.05, 4.69) is 14.5 Å². The molecule has 0 aromatic carbocycles. The molecule has 6 heterocycles. The van der Waals surface area contributed by atoms with Gasteiger partial charge in [0.2, 0.25) is 10.0 Å². The average Bonchev–Trinajstić information content (AvgIpc) is 3.65. The quantitative estimate of drug-likeness (QED) is 0.459. The number of aryl methyl sites for hydroxylation is 4. The fourth-order valence-corrected chi connectivity index (χ4v) is 8.40. The minimum absolute atomic E-state index is 0.104. The molecule has 0 unspecified atom stereocenters. The van der Waals surface area contributed by atoms with Gasteiger partial charge in [-0.1, -0.05) is 6.92 Å². The van der Waals surface area contributed by atoms with Crippen molar-refractivity contribution < 1.29 is 17.9 Å². The number of hydrogen-bond acceptors (Lipinski definition) is 8. The van der Waals surface area contributed by atoms with Gasteiger partial charge in [-0.15, -0.1) is 11.3 Å². The van der Waals surface area contributed by atoms with Crippen LogP contribution in [0.4, 0.5) is 5.82 Å². The van der Waals surface area contributed by atoms with Crippen LogP contribution in [0.3, 0.4) is 0 Å². The molecule has 3 aromatic heterocycles. The summed E-state index contributed by atoms with van der Waals surface area (Å²) in [4.78, 5) is 30.9. The Kier molecular flexibility index (Phi) is 6.42. The zero-order valence-corrected chi connectivity index (χ0v) is 23.6. The summed E-state index contributed by atoms with van der Waals surface area (Å²) in [7, 11) is -3.32. The molecule has 1 saturated heterocycles. The largest absolute Gasteiger partial charge is 0.482 e. The Morgan fingerprint density at radius 2 is 1.95 bits per heavy atom. The summed E-state index contributed by atoms with van der Waals surface area (Å²) in [6.45, 7) is 7.75. The highest BCUT2D eigenvalue weighted by atomic mass is 32.2.